The molecular formula is C15H12ClFN2O2. The van der Waals surface area contributed by atoms with Crippen LogP contribution in [-0.2, 0) is 4.79 Å². The molecule has 0 saturated heterocycles. The molecule has 0 heterocycles. The maximum absolute atomic E-state index is 12.9. The standard InChI is InChI=1S/C15H12ClFN2O2/c16-12-4-1-3-11(7-12)9-18-19-15(20)10-21-14-6-2-5-13(17)8-14/h1-9H,10H2,(H,19,20)/b18-9-. The molecule has 0 radical (unpaired) electrons. The number of carbonyl (C=O) groups excluding carboxylic acids is 1. The molecule has 0 fully saturated rings. The first-order valence-electron chi connectivity index (χ1n) is 6.09. The molecule has 0 unspecified atom stereocenters. The van der Waals surface area contributed by atoms with Gasteiger partial charge in [-0.2, -0.15) is 5.10 Å². The van der Waals surface area contributed by atoms with E-state index in [1.165, 1.54) is 24.4 Å². The Kier molecular flexibility index (Phi) is 5.29. The summed E-state index contributed by atoms with van der Waals surface area (Å²) in [5.74, 6) is -0.589. The lowest BCUT2D eigenvalue weighted by atomic mass is 10.2. The summed E-state index contributed by atoms with van der Waals surface area (Å²) in [6, 6.07) is 12.6. The molecule has 1 amide bonds. The largest absolute Gasteiger partial charge is 0.484 e. The fourth-order valence-electron chi connectivity index (χ4n) is 1.50. The van der Waals surface area contributed by atoms with Crippen molar-refractivity contribution < 1.29 is 13.9 Å². The van der Waals surface area contributed by atoms with Gasteiger partial charge in [-0.3, -0.25) is 4.79 Å². The lowest BCUT2D eigenvalue weighted by molar-refractivity contribution is -0.123. The van der Waals surface area contributed by atoms with E-state index in [0.29, 0.717) is 5.02 Å². The Morgan fingerprint density at radius 1 is 1.29 bits per heavy atom. The quantitative estimate of drug-likeness (QED) is 0.682. The van der Waals surface area contributed by atoms with E-state index in [1.807, 2.05) is 0 Å². The molecular weight excluding hydrogens is 295 g/mol. The first kappa shape index (κ1) is 15.0. The van der Waals surface area contributed by atoms with Crippen molar-refractivity contribution >= 4 is 23.7 Å². The van der Waals surface area contributed by atoms with Crippen LogP contribution in [0.25, 0.3) is 0 Å². The van der Waals surface area contributed by atoms with Crippen LogP contribution in [0.1, 0.15) is 5.56 Å². The Morgan fingerprint density at radius 3 is 2.86 bits per heavy atom. The third-order valence-electron chi connectivity index (χ3n) is 2.42. The van der Waals surface area contributed by atoms with Crippen molar-refractivity contribution in [1.82, 2.24) is 5.43 Å². The van der Waals surface area contributed by atoms with Crippen LogP contribution in [0.4, 0.5) is 4.39 Å². The summed E-state index contributed by atoms with van der Waals surface area (Å²) in [6.07, 6.45) is 1.46. The number of ether oxygens (including phenoxy) is 1. The summed E-state index contributed by atoms with van der Waals surface area (Å²) in [4.78, 5) is 11.5. The van der Waals surface area contributed by atoms with Crippen LogP contribution in [0.15, 0.2) is 53.6 Å². The molecule has 108 valence electrons. The highest BCUT2D eigenvalue weighted by Gasteiger charge is 2.02. The lowest BCUT2D eigenvalue weighted by Gasteiger charge is -2.04. The zero-order valence-corrected chi connectivity index (χ0v) is 11.7. The number of rotatable bonds is 5. The fourth-order valence-corrected chi connectivity index (χ4v) is 1.70. The van der Waals surface area contributed by atoms with Gasteiger partial charge in [-0.25, -0.2) is 9.82 Å². The molecule has 0 aliphatic rings. The number of nitrogens with one attached hydrogen (secondary N) is 1. The molecule has 2 rings (SSSR count). The summed E-state index contributed by atoms with van der Waals surface area (Å²) >= 11 is 5.82. The molecule has 4 nitrogen and oxygen atoms in total. The Balaban J connectivity index is 1.80. The monoisotopic (exact) mass is 306 g/mol. The SMILES string of the molecule is O=C(COc1cccc(F)c1)N/N=C\c1cccc(Cl)c1. The van der Waals surface area contributed by atoms with Gasteiger partial charge in [0.2, 0.25) is 0 Å². The molecule has 6 heteroatoms. The maximum atomic E-state index is 12.9. The van der Waals surface area contributed by atoms with E-state index >= 15 is 0 Å². The Hall–Kier alpha value is -2.40. The minimum atomic E-state index is -0.447. The van der Waals surface area contributed by atoms with Crippen molar-refractivity contribution in [3.05, 3.63) is 64.9 Å². The second-order valence-electron chi connectivity index (χ2n) is 4.09. The molecule has 0 aliphatic heterocycles. The van der Waals surface area contributed by atoms with Crippen LogP contribution < -0.4 is 10.2 Å². The van der Waals surface area contributed by atoms with Crippen LogP contribution in [0.5, 0.6) is 5.75 Å². The van der Waals surface area contributed by atoms with Gasteiger partial charge in [-0.1, -0.05) is 29.8 Å². The number of hydrogen-bond donors (Lipinski definition) is 1. The van der Waals surface area contributed by atoms with Gasteiger partial charge in [-0.05, 0) is 29.8 Å². The number of hydrazone groups is 1. The molecule has 0 aromatic heterocycles. The van der Waals surface area contributed by atoms with Crippen molar-refractivity contribution in [3.8, 4) is 5.75 Å². The van der Waals surface area contributed by atoms with E-state index in [1.54, 1.807) is 30.3 Å². The zero-order valence-electron chi connectivity index (χ0n) is 10.9. The maximum Gasteiger partial charge on any atom is 0.277 e. The summed E-state index contributed by atoms with van der Waals surface area (Å²) < 4.78 is 18.0. The number of amides is 1. The van der Waals surface area contributed by atoms with E-state index in [2.05, 4.69) is 10.5 Å². The molecule has 1 N–H and O–H groups in total. The van der Waals surface area contributed by atoms with Gasteiger partial charge in [0.15, 0.2) is 6.61 Å². The van der Waals surface area contributed by atoms with Gasteiger partial charge in [-0.15, -0.1) is 0 Å². The number of halogens is 2. The zero-order chi connectivity index (χ0) is 15.1. The average molecular weight is 307 g/mol. The van der Waals surface area contributed by atoms with E-state index in [-0.39, 0.29) is 12.4 Å². The topological polar surface area (TPSA) is 50.7 Å². The Labute approximate surface area is 126 Å². The third-order valence-corrected chi connectivity index (χ3v) is 2.65. The first-order valence-corrected chi connectivity index (χ1v) is 6.47. The van der Waals surface area contributed by atoms with Gasteiger partial charge < -0.3 is 4.74 Å². The Bertz CT molecular complexity index is 662. The minimum Gasteiger partial charge on any atom is -0.484 e. The highest BCUT2D eigenvalue weighted by molar-refractivity contribution is 6.30. The molecule has 0 aliphatic carbocycles. The van der Waals surface area contributed by atoms with Crippen molar-refractivity contribution in [2.45, 2.75) is 0 Å². The highest BCUT2D eigenvalue weighted by atomic mass is 35.5. The van der Waals surface area contributed by atoms with E-state index < -0.39 is 11.7 Å². The van der Waals surface area contributed by atoms with Crippen molar-refractivity contribution in [2.24, 2.45) is 5.10 Å². The van der Waals surface area contributed by atoms with Gasteiger partial charge in [0.05, 0.1) is 6.21 Å². The van der Waals surface area contributed by atoms with E-state index in [9.17, 15) is 9.18 Å². The molecule has 21 heavy (non-hydrogen) atoms. The van der Waals surface area contributed by atoms with Gasteiger partial charge in [0.25, 0.3) is 5.91 Å². The predicted octanol–water partition coefficient (Wildman–Crippen LogP) is 3.01. The summed E-state index contributed by atoms with van der Waals surface area (Å²) in [5.41, 5.74) is 3.06. The van der Waals surface area contributed by atoms with Gasteiger partial charge in [0, 0.05) is 11.1 Å². The molecule has 0 atom stereocenters. The lowest BCUT2D eigenvalue weighted by Crippen LogP contribution is -2.24. The van der Waals surface area contributed by atoms with Crippen LogP contribution in [0.3, 0.4) is 0 Å². The highest BCUT2D eigenvalue weighted by Crippen LogP contribution is 2.11. The molecule has 2 aromatic rings. The van der Waals surface area contributed by atoms with Crippen LogP contribution in [0, 0.1) is 5.82 Å². The van der Waals surface area contributed by atoms with Crippen molar-refractivity contribution in [3.63, 3.8) is 0 Å². The fraction of sp³-hybridized carbons (Fsp3) is 0.0667. The first-order chi connectivity index (χ1) is 10.1. The normalized spacial score (nSPS) is 10.6. The van der Waals surface area contributed by atoms with E-state index in [0.717, 1.165) is 5.56 Å². The number of hydrogen-bond acceptors (Lipinski definition) is 3. The van der Waals surface area contributed by atoms with Crippen LogP contribution in [-0.4, -0.2) is 18.7 Å². The van der Waals surface area contributed by atoms with E-state index in [4.69, 9.17) is 16.3 Å². The molecule has 2 aromatic carbocycles. The summed E-state index contributed by atoms with van der Waals surface area (Å²) in [5, 5.41) is 4.36. The number of benzene rings is 2. The number of nitrogens with zero attached hydrogens (tertiary/aromatic N) is 1. The Morgan fingerprint density at radius 2 is 2.10 bits per heavy atom. The second kappa shape index (κ2) is 7.40. The number of carbonyl (C=O) groups is 1. The molecule has 0 saturated carbocycles. The summed E-state index contributed by atoms with van der Waals surface area (Å²) in [6.45, 7) is -0.254. The van der Waals surface area contributed by atoms with Gasteiger partial charge >= 0.3 is 0 Å². The van der Waals surface area contributed by atoms with Crippen LogP contribution in [0.2, 0.25) is 5.02 Å². The second-order valence-corrected chi connectivity index (χ2v) is 4.53. The molecule has 0 bridgehead atoms. The predicted molar refractivity (Wildman–Crippen MR) is 79.1 cm³/mol. The minimum absolute atomic E-state index is 0.254. The van der Waals surface area contributed by atoms with Crippen molar-refractivity contribution in [2.75, 3.05) is 6.61 Å². The summed E-state index contributed by atoms with van der Waals surface area (Å²) in [7, 11) is 0. The van der Waals surface area contributed by atoms with Crippen LogP contribution >= 0.6 is 11.6 Å². The van der Waals surface area contributed by atoms with Gasteiger partial charge in [0.1, 0.15) is 11.6 Å². The van der Waals surface area contributed by atoms with Crippen molar-refractivity contribution in [1.29, 1.82) is 0 Å². The smallest absolute Gasteiger partial charge is 0.277 e. The average Bonchev–Trinajstić information content (AvgIpc) is 2.45. The third kappa shape index (κ3) is 5.24. The molecule has 0 spiro atoms.